The van der Waals surface area contributed by atoms with E-state index < -0.39 is 7.92 Å². The van der Waals surface area contributed by atoms with Crippen LogP contribution in [0.3, 0.4) is 0 Å². The van der Waals surface area contributed by atoms with Gasteiger partial charge in [0, 0.05) is 0 Å². The average molecular weight is 324 g/mol. The number of hydrogen-bond donors (Lipinski definition) is 0. The van der Waals surface area contributed by atoms with Crippen LogP contribution in [-0.2, 0) is 0 Å². The summed E-state index contributed by atoms with van der Waals surface area (Å²) in [6.45, 7) is 4.43. The van der Waals surface area contributed by atoms with Gasteiger partial charge in [0.1, 0.15) is 11.5 Å². The van der Waals surface area contributed by atoms with E-state index in [0.29, 0.717) is 22.7 Å². The zero-order valence-corrected chi connectivity index (χ0v) is 14.3. The van der Waals surface area contributed by atoms with E-state index in [2.05, 4.69) is 38.1 Å². The van der Waals surface area contributed by atoms with Crippen LogP contribution in [0, 0.1) is 0 Å². The molecule has 0 aliphatic heterocycles. The minimum atomic E-state index is -0.547. The first-order chi connectivity index (χ1) is 10.6. The Bertz CT molecular complexity index is 619. The first-order valence-corrected chi connectivity index (χ1v) is 8.59. The summed E-state index contributed by atoms with van der Waals surface area (Å²) in [4.78, 5) is 11.3. The SMILES string of the molecule is COc1cc(P(c2ccccc2)C(C)C)cc(OC)c1C=O.[LiH]. The second-order valence-electron chi connectivity index (χ2n) is 5.18. The van der Waals surface area contributed by atoms with Gasteiger partial charge in [-0.1, -0.05) is 44.2 Å². The Kier molecular flexibility index (Phi) is 7.86. The van der Waals surface area contributed by atoms with Crippen molar-refractivity contribution in [3.05, 3.63) is 48.0 Å². The molecule has 0 saturated heterocycles. The molecule has 0 radical (unpaired) electrons. The molecule has 1 unspecified atom stereocenters. The van der Waals surface area contributed by atoms with Crippen LogP contribution in [0.1, 0.15) is 24.2 Å². The maximum atomic E-state index is 11.3. The Morgan fingerprint density at radius 1 is 0.957 bits per heavy atom. The molecule has 2 aromatic carbocycles. The van der Waals surface area contributed by atoms with Crippen molar-refractivity contribution in [2.45, 2.75) is 19.5 Å². The van der Waals surface area contributed by atoms with Crippen molar-refractivity contribution < 1.29 is 14.3 Å². The van der Waals surface area contributed by atoms with Gasteiger partial charge < -0.3 is 9.47 Å². The van der Waals surface area contributed by atoms with Crippen LogP contribution in [0.2, 0.25) is 0 Å². The zero-order valence-electron chi connectivity index (χ0n) is 13.4. The van der Waals surface area contributed by atoms with Crippen LogP contribution < -0.4 is 20.1 Å². The third-order valence-electron chi connectivity index (χ3n) is 3.48. The fourth-order valence-electron chi connectivity index (χ4n) is 2.51. The third kappa shape index (κ3) is 4.39. The van der Waals surface area contributed by atoms with E-state index in [1.54, 1.807) is 14.2 Å². The van der Waals surface area contributed by atoms with Gasteiger partial charge in [-0.2, -0.15) is 0 Å². The Hall–Kier alpha value is -1.26. The number of aldehydes is 1. The van der Waals surface area contributed by atoms with E-state index in [-0.39, 0.29) is 18.9 Å². The molecule has 0 N–H and O–H groups in total. The summed E-state index contributed by atoms with van der Waals surface area (Å²) in [5.74, 6) is 1.13. The molecule has 0 spiro atoms. The van der Waals surface area contributed by atoms with Crippen LogP contribution >= 0.6 is 7.92 Å². The molecule has 0 saturated carbocycles. The summed E-state index contributed by atoms with van der Waals surface area (Å²) in [6, 6.07) is 14.4. The molecule has 2 rings (SSSR count). The molecular weight excluding hydrogens is 302 g/mol. The van der Waals surface area contributed by atoms with Crippen molar-refractivity contribution >= 4 is 43.7 Å². The Morgan fingerprint density at radius 2 is 1.48 bits per heavy atom. The van der Waals surface area contributed by atoms with Crippen LogP contribution in [0.5, 0.6) is 11.5 Å². The van der Waals surface area contributed by atoms with Crippen LogP contribution in [-0.4, -0.2) is 45.0 Å². The first-order valence-electron chi connectivity index (χ1n) is 7.17. The summed E-state index contributed by atoms with van der Waals surface area (Å²) in [5.41, 5.74) is 0.925. The summed E-state index contributed by atoms with van der Waals surface area (Å²) in [6.07, 6.45) is 0.779. The molecular formula is C18H22LiO3P. The maximum absolute atomic E-state index is 11.3. The molecule has 0 aromatic heterocycles. The Morgan fingerprint density at radius 3 is 1.87 bits per heavy atom. The monoisotopic (exact) mass is 324 g/mol. The van der Waals surface area contributed by atoms with Gasteiger partial charge in [-0.15, -0.1) is 0 Å². The zero-order chi connectivity index (χ0) is 16.1. The molecule has 0 aliphatic carbocycles. The Balaban J connectivity index is 0.00000264. The molecule has 0 fully saturated rings. The fourth-order valence-corrected chi connectivity index (χ4v) is 5.01. The van der Waals surface area contributed by atoms with Crippen LogP contribution in [0.4, 0.5) is 0 Å². The minimum absolute atomic E-state index is 0. The molecule has 5 heteroatoms. The molecule has 2 aromatic rings. The van der Waals surface area contributed by atoms with Gasteiger partial charge in [0.2, 0.25) is 0 Å². The van der Waals surface area contributed by atoms with Crippen LogP contribution in [0.25, 0.3) is 0 Å². The first kappa shape index (κ1) is 19.8. The van der Waals surface area contributed by atoms with Gasteiger partial charge >= 0.3 is 18.9 Å². The topological polar surface area (TPSA) is 35.5 Å². The quantitative estimate of drug-likeness (QED) is 0.466. The number of benzene rings is 2. The van der Waals surface area contributed by atoms with E-state index in [4.69, 9.17) is 9.47 Å². The molecule has 3 nitrogen and oxygen atoms in total. The van der Waals surface area contributed by atoms with Gasteiger partial charge in [-0.25, -0.2) is 0 Å². The van der Waals surface area contributed by atoms with E-state index in [0.717, 1.165) is 11.6 Å². The van der Waals surface area contributed by atoms with E-state index in [9.17, 15) is 4.79 Å². The summed E-state index contributed by atoms with van der Waals surface area (Å²) in [7, 11) is 2.60. The van der Waals surface area contributed by atoms with Crippen molar-refractivity contribution in [3.8, 4) is 11.5 Å². The Labute approximate surface area is 151 Å². The van der Waals surface area contributed by atoms with Crippen molar-refractivity contribution in [2.75, 3.05) is 14.2 Å². The molecule has 0 amide bonds. The third-order valence-corrected chi connectivity index (χ3v) is 6.18. The molecule has 0 aliphatic rings. The van der Waals surface area contributed by atoms with E-state index in [1.807, 2.05) is 18.2 Å². The summed E-state index contributed by atoms with van der Waals surface area (Å²) < 4.78 is 10.8. The normalized spacial score (nSPS) is 11.5. The number of methoxy groups -OCH3 is 2. The number of carbonyl (C=O) groups is 1. The number of rotatable bonds is 6. The second-order valence-corrected chi connectivity index (χ2v) is 7.99. The van der Waals surface area contributed by atoms with Crippen LogP contribution in [0.15, 0.2) is 42.5 Å². The number of carbonyl (C=O) groups excluding carboxylic acids is 1. The molecule has 1 atom stereocenters. The average Bonchev–Trinajstić information content (AvgIpc) is 2.54. The summed E-state index contributed by atoms with van der Waals surface area (Å²) >= 11 is 0. The number of ether oxygens (including phenoxy) is 2. The van der Waals surface area contributed by atoms with Gasteiger partial charge in [0.25, 0.3) is 0 Å². The fraction of sp³-hybridized carbons (Fsp3) is 0.278. The van der Waals surface area contributed by atoms with E-state index >= 15 is 0 Å². The van der Waals surface area contributed by atoms with Gasteiger partial charge in [-0.05, 0) is 36.3 Å². The predicted molar refractivity (Wildman–Crippen MR) is 99.8 cm³/mol. The molecule has 0 heterocycles. The summed E-state index contributed by atoms with van der Waals surface area (Å²) in [5, 5.41) is 2.45. The molecule has 0 bridgehead atoms. The van der Waals surface area contributed by atoms with Crippen molar-refractivity contribution in [3.63, 3.8) is 0 Å². The van der Waals surface area contributed by atoms with Gasteiger partial charge in [-0.3, -0.25) is 4.79 Å². The second kappa shape index (κ2) is 9.14. The molecule has 118 valence electrons. The van der Waals surface area contributed by atoms with Crippen molar-refractivity contribution in [2.24, 2.45) is 0 Å². The van der Waals surface area contributed by atoms with E-state index in [1.165, 1.54) is 5.30 Å². The standard InChI is InChI=1S/C18H21O3P.Li.H/c1-13(2)22(14-8-6-5-7-9-14)15-10-17(20-3)16(12-19)18(11-15)21-4;;/h5-13H,1-4H3;;. The molecule has 23 heavy (non-hydrogen) atoms. The van der Waals surface area contributed by atoms with Gasteiger partial charge in [0.15, 0.2) is 6.29 Å². The van der Waals surface area contributed by atoms with Crippen molar-refractivity contribution in [1.82, 2.24) is 0 Å². The van der Waals surface area contributed by atoms with Crippen molar-refractivity contribution in [1.29, 1.82) is 0 Å². The predicted octanol–water partition coefficient (Wildman–Crippen LogP) is 2.71. The number of hydrogen-bond acceptors (Lipinski definition) is 3. The van der Waals surface area contributed by atoms with Gasteiger partial charge in [0.05, 0.1) is 19.8 Å².